The summed E-state index contributed by atoms with van der Waals surface area (Å²) in [6.45, 7) is 0.871. The van der Waals surface area contributed by atoms with E-state index in [-0.39, 0.29) is 23.7 Å². The molecular formula is C28H28F2N2O6S. The predicted octanol–water partition coefficient (Wildman–Crippen LogP) is 4.20. The van der Waals surface area contributed by atoms with Crippen LogP contribution in [-0.4, -0.2) is 38.0 Å². The largest absolute Gasteiger partial charge is 0.497 e. The number of benzene rings is 2. The molecule has 4 rings (SSSR count). The molecule has 0 fully saturated rings. The van der Waals surface area contributed by atoms with Crippen molar-refractivity contribution in [3.63, 3.8) is 0 Å². The van der Waals surface area contributed by atoms with Crippen molar-refractivity contribution in [3.8, 4) is 17.2 Å². The van der Waals surface area contributed by atoms with Crippen molar-refractivity contribution in [2.75, 3.05) is 20.8 Å². The Hall–Kier alpha value is -3.99. The predicted molar refractivity (Wildman–Crippen MR) is 142 cm³/mol. The number of thiazole rings is 1. The number of nitrogens with zero attached hydrogens (tertiary/aromatic N) is 2. The van der Waals surface area contributed by atoms with Crippen LogP contribution >= 0.6 is 11.3 Å². The topological polar surface area (TPSA) is 88.4 Å². The summed E-state index contributed by atoms with van der Waals surface area (Å²) in [6.07, 6.45) is 2.87. The summed E-state index contributed by atoms with van der Waals surface area (Å²) in [5.41, 5.74) is 1.71. The molecule has 8 nitrogen and oxygen atoms in total. The van der Waals surface area contributed by atoms with Gasteiger partial charge in [0.05, 0.1) is 42.7 Å². The van der Waals surface area contributed by atoms with E-state index in [0.717, 1.165) is 6.42 Å². The highest BCUT2D eigenvalue weighted by molar-refractivity contribution is 7.07. The zero-order chi connectivity index (χ0) is 28.1. The van der Waals surface area contributed by atoms with Gasteiger partial charge in [0.25, 0.3) is 5.56 Å². The Morgan fingerprint density at radius 2 is 1.92 bits per heavy atom. The summed E-state index contributed by atoms with van der Waals surface area (Å²) in [4.78, 5) is 32.2. The van der Waals surface area contributed by atoms with Gasteiger partial charge < -0.3 is 18.9 Å². The van der Waals surface area contributed by atoms with Crippen LogP contribution in [0.1, 0.15) is 43.9 Å². The molecule has 0 spiro atoms. The van der Waals surface area contributed by atoms with Gasteiger partial charge in [0.15, 0.2) is 16.3 Å². The Morgan fingerprint density at radius 1 is 1.13 bits per heavy atom. The third-order valence-corrected chi connectivity index (χ3v) is 6.99. The van der Waals surface area contributed by atoms with E-state index in [1.165, 1.54) is 35.1 Å². The molecule has 0 radical (unpaired) electrons. The van der Waals surface area contributed by atoms with Crippen molar-refractivity contribution >= 4 is 23.4 Å². The Balaban J connectivity index is 1.94. The van der Waals surface area contributed by atoms with Crippen LogP contribution in [0, 0.1) is 0 Å². The van der Waals surface area contributed by atoms with Gasteiger partial charge in [-0.2, -0.15) is 8.78 Å². The summed E-state index contributed by atoms with van der Waals surface area (Å²) in [5, 5.41) is 0. The lowest BCUT2D eigenvalue weighted by molar-refractivity contribution is -0.139. The van der Waals surface area contributed by atoms with E-state index in [9.17, 15) is 18.4 Å². The second-order valence-electron chi connectivity index (χ2n) is 8.48. The number of carbonyl (C=O) groups excluding carboxylic acids is 1. The Bertz CT molecular complexity index is 1580. The van der Waals surface area contributed by atoms with Crippen molar-refractivity contribution < 1.29 is 32.5 Å². The number of hydrogen-bond donors (Lipinski definition) is 0. The maximum Gasteiger partial charge on any atom is 0.387 e. The van der Waals surface area contributed by atoms with Gasteiger partial charge in [-0.1, -0.05) is 42.9 Å². The molecule has 1 atom stereocenters. The van der Waals surface area contributed by atoms with Crippen LogP contribution in [0.4, 0.5) is 8.78 Å². The van der Waals surface area contributed by atoms with E-state index in [0.29, 0.717) is 43.9 Å². The molecule has 3 aromatic rings. The smallest absolute Gasteiger partial charge is 0.387 e. The normalized spacial score (nSPS) is 15.2. The van der Waals surface area contributed by atoms with E-state index in [1.54, 1.807) is 44.4 Å². The molecule has 0 unspecified atom stereocenters. The number of carbonyl (C=O) groups is 1. The van der Waals surface area contributed by atoms with Crippen molar-refractivity contribution in [1.82, 2.24) is 4.57 Å². The molecule has 0 N–H and O–H groups in total. The number of alkyl halides is 2. The van der Waals surface area contributed by atoms with Gasteiger partial charge in [0, 0.05) is 0 Å². The number of ether oxygens (including phenoxy) is 4. The number of halogens is 2. The molecule has 0 saturated heterocycles. The second kappa shape index (κ2) is 12.2. The maximum atomic E-state index is 13.8. The maximum absolute atomic E-state index is 13.8. The minimum absolute atomic E-state index is 0.0981. The number of hydrogen-bond acceptors (Lipinski definition) is 8. The molecule has 0 bridgehead atoms. The number of methoxy groups -OCH3 is 2. The fraction of sp³-hybridized carbons (Fsp3) is 0.321. The molecule has 1 aliphatic rings. The van der Waals surface area contributed by atoms with Gasteiger partial charge in [-0.15, -0.1) is 0 Å². The number of fused-ring (bicyclic) bond motifs is 1. The monoisotopic (exact) mass is 558 g/mol. The lowest BCUT2D eigenvalue weighted by Gasteiger charge is -2.26. The summed E-state index contributed by atoms with van der Waals surface area (Å²) < 4.78 is 47.8. The summed E-state index contributed by atoms with van der Waals surface area (Å²) in [6, 6.07) is 10.8. The average Bonchev–Trinajstić information content (AvgIpc) is 3.23. The summed E-state index contributed by atoms with van der Waals surface area (Å²) in [5.74, 6) is 0.0181. The molecular weight excluding hydrogens is 530 g/mol. The second-order valence-corrected chi connectivity index (χ2v) is 9.49. The van der Waals surface area contributed by atoms with Gasteiger partial charge in [-0.05, 0) is 54.8 Å². The fourth-order valence-corrected chi connectivity index (χ4v) is 5.39. The Labute approximate surface area is 227 Å². The molecule has 2 heterocycles. The standard InChI is InChI=1S/C28H28F2N2O6S/c1-5-8-19-23(26(34)37-6-2)24(17-9-7-10-18(15-17)35-3)32-25(33)22(39-28(32)31-19)14-16-11-12-20(38-27(29)30)21(13-16)36-4/h7,9-15,24,27H,5-6,8H2,1-4H3/b22-14+/t24-/m0/s1. The van der Waals surface area contributed by atoms with Gasteiger partial charge in [-0.25, -0.2) is 9.79 Å². The lowest BCUT2D eigenvalue weighted by atomic mass is 9.94. The first-order valence-electron chi connectivity index (χ1n) is 12.3. The molecule has 0 aliphatic carbocycles. The summed E-state index contributed by atoms with van der Waals surface area (Å²) >= 11 is 1.17. The Morgan fingerprint density at radius 3 is 2.59 bits per heavy atom. The third-order valence-electron chi connectivity index (χ3n) is 6.00. The van der Waals surface area contributed by atoms with Crippen LogP contribution < -0.4 is 29.1 Å². The fourth-order valence-electron chi connectivity index (χ4n) is 4.37. The molecule has 2 aromatic carbocycles. The van der Waals surface area contributed by atoms with E-state index >= 15 is 0 Å². The summed E-state index contributed by atoms with van der Waals surface area (Å²) in [7, 11) is 2.88. The quantitative estimate of drug-likeness (QED) is 0.347. The van der Waals surface area contributed by atoms with Crippen molar-refractivity contribution in [1.29, 1.82) is 0 Å². The molecule has 206 valence electrons. The van der Waals surface area contributed by atoms with Crippen LogP contribution in [0.25, 0.3) is 6.08 Å². The van der Waals surface area contributed by atoms with Gasteiger partial charge in [0.1, 0.15) is 5.75 Å². The molecule has 1 aliphatic heterocycles. The van der Waals surface area contributed by atoms with E-state index in [2.05, 4.69) is 4.74 Å². The van der Waals surface area contributed by atoms with Gasteiger partial charge in [-0.3, -0.25) is 9.36 Å². The van der Waals surface area contributed by atoms with Crippen LogP contribution in [0.5, 0.6) is 17.2 Å². The van der Waals surface area contributed by atoms with Crippen molar-refractivity contribution in [2.24, 2.45) is 4.99 Å². The molecule has 11 heteroatoms. The number of allylic oxidation sites excluding steroid dienone is 1. The molecule has 0 amide bonds. The highest BCUT2D eigenvalue weighted by atomic mass is 32.1. The average molecular weight is 559 g/mol. The SMILES string of the molecule is CCCC1=C(C(=O)OCC)[C@H](c2cccc(OC)c2)n2c(s/c(=C/c3ccc(OC(F)F)c(OC)c3)c2=O)=N1. The zero-order valence-electron chi connectivity index (χ0n) is 21.9. The number of aromatic nitrogens is 1. The van der Waals surface area contributed by atoms with E-state index in [1.807, 2.05) is 13.0 Å². The lowest BCUT2D eigenvalue weighted by Crippen LogP contribution is -2.40. The molecule has 1 aromatic heterocycles. The Kier molecular flexibility index (Phi) is 8.80. The minimum atomic E-state index is -3.00. The number of rotatable bonds is 10. The van der Waals surface area contributed by atoms with E-state index < -0.39 is 18.6 Å². The molecule has 39 heavy (non-hydrogen) atoms. The van der Waals surface area contributed by atoms with Crippen molar-refractivity contribution in [2.45, 2.75) is 39.3 Å². The van der Waals surface area contributed by atoms with Gasteiger partial charge >= 0.3 is 12.6 Å². The zero-order valence-corrected chi connectivity index (χ0v) is 22.7. The van der Waals surface area contributed by atoms with Crippen molar-refractivity contribution in [3.05, 3.63) is 84.5 Å². The van der Waals surface area contributed by atoms with E-state index in [4.69, 9.17) is 19.2 Å². The first kappa shape index (κ1) is 28.0. The number of esters is 1. The van der Waals surface area contributed by atoms with Gasteiger partial charge in [0.2, 0.25) is 0 Å². The van der Waals surface area contributed by atoms with Crippen LogP contribution in [0.15, 0.2) is 63.5 Å². The third kappa shape index (κ3) is 5.88. The van der Waals surface area contributed by atoms with Crippen LogP contribution in [-0.2, 0) is 9.53 Å². The van der Waals surface area contributed by atoms with Crippen LogP contribution in [0.2, 0.25) is 0 Å². The highest BCUT2D eigenvalue weighted by Crippen LogP contribution is 2.34. The molecule has 0 saturated carbocycles. The first-order chi connectivity index (χ1) is 18.8. The van der Waals surface area contributed by atoms with Crippen LogP contribution in [0.3, 0.4) is 0 Å². The minimum Gasteiger partial charge on any atom is -0.497 e. The first-order valence-corrected chi connectivity index (χ1v) is 13.1. The highest BCUT2D eigenvalue weighted by Gasteiger charge is 2.34.